The molecule has 2 heterocycles. The number of aliphatic hydroxyl groups is 1. The monoisotopic (exact) mass is 219 g/mol. The van der Waals surface area contributed by atoms with Crippen LogP contribution >= 0.6 is 0 Å². The third-order valence-corrected chi connectivity index (χ3v) is 2.83. The van der Waals surface area contributed by atoms with Gasteiger partial charge in [0, 0.05) is 12.1 Å². The molecule has 0 bridgehead atoms. The van der Waals surface area contributed by atoms with E-state index in [2.05, 4.69) is 23.9 Å². The molecule has 0 aliphatic rings. The Hall–Kier alpha value is -1.42. The zero-order chi connectivity index (χ0) is 11.7. The van der Waals surface area contributed by atoms with E-state index in [9.17, 15) is 5.11 Å². The number of aryl methyl sites for hydroxylation is 1. The third-order valence-electron chi connectivity index (χ3n) is 2.83. The summed E-state index contributed by atoms with van der Waals surface area (Å²) in [7, 11) is 0. The van der Waals surface area contributed by atoms with Gasteiger partial charge in [0.15, 0.2) is 11.5 Å². The molecule has 16 heavy (non-hydrogen) atoms. The summed E-state index contributed by atoms with van der Waals surface area (Å²) in [5, 5.41) is 13.8. The van der Waals surface area contributed by atoms with Crippen molar-refractivity contribution < 1.29 is 5.11 Å². The minimum atomic E-state index is 0.0141. The number of pyridine rings is 1. The molecule has 0 saturated carbocycles. The van der Waals surface area contributed by atoms with Gasteiger partial charge >= 0.3 is 0 Å². The molecule has 1 unspecified atom stereocenters. The molecule has 0 amide bonds. The molecule has 0 radical (unpaired) electrons. The predicted octanol–water partition coefficient (Wildman–Crippen LogP) is 1.77. The Kier molecular flexibility index (Phi) is 2.92. The van der Waals surface area contributed by atoms with E-state index in [-0.39, 0.29) is 12.5 Å². The zero-order valence-electron chi connectivity index (χ0n) is 9.88. The minimum Gasteiger partial charge on any atom is -0.396 e. The quantitative estimate of drug-likeness (QED) is 0.856. The number of hydrogen-bond donors (Lipinski definition) is 1. The van der Waals surface area contributed by atoms with Crippen molar-refractivity contribution in [1.29, 1.82) is 0 Å². The molecule has 1 atom stereocenters. The van der Waals surface area contributed by atoms with Gasteiger partial charge in [0.25, 0.3) is 0 Å². The topological polar surface area (TPSA) is 50.4 Å². The lowest BCUT2D eigenvalue weighted by molar-refractivity contribution is 0.232. The maximum atomic E-state index is 9.34. The van der Waals surface area contributed by atoms with Crippen molar-refractivity contribution in [3.63, 3.8) is 0 Å². The van der Waals surface area contributed by atoms with Gasteiger partial charge in [0.2, 0.25) is 0 Å². The smallest absolute Gasteiger partial charge is 0.157 e. The first-order valence-electron chi connectivity index (χ1n) is 5.55. The summed E-state index contributed by atoms with van der Waals surface area (Å²) >= 11 is 0. The molecular weight excluding hydrogens is 202 g/mol. The Morgan fingerprint density at radius 2 is 2.12 bits per heavy atom. The molecule has 0 spiro atoms. The molecule has 2 aromatic heterocycles. The average Bonchev–Trinajstić information content (AvgIpc) is 2.60. The highest BCUT2D eigenvalue weighted by molar-refractivity contribution is 5.38. The van der Waals surface area contributed by atoms with E-state index in [1.54, 1.807) is 4.52 Å². The Balaban J connectivity index is 2.45. The molecule has 2 aromatic rings. The van der Waals surface area contributed by atoms with Crippen molar-refractivity contribution in [3.05, 3.63) is 29.7 Å². The summed E-state index contributed by atoms with van der Waals surface area (Å²) in [4.78, 5) is 4.44. The number of hydrogen-bond acceptors (Lipinski definition) is 3. The van der Waals surface area contributed by atoms with Crippen LogP contribution in [0.25, 0.3) is 5.65 Å². The summed E-state index contributed by atoms with van der Waals surface area (Å²) in [6.07, 6.45) is 1.95. The number of aliphatic hydroxyl groups excluding tert-OH is 1. The fourth-order valence-corrected chi connectivity index (χ4v) is 1.75. The van der Waals surface area contributed by atoms with Crippen LogP contribution in [0.2, 0.25) is 0 Å². The van der Waals surface area contributed by atoms with Gasteiger partial charge in [-0.15, -0.1) is 0 Å². The highest BCUT2D eigenvalue weighted by Crippen LogP contribution is 2.21. The Morgan fingerprint density at radius 1 is 1.38 bits per heavy atom. The van der Waals surface area contributed by atoms with Gasteiger partial charge in [-0.1, -0.05) is 19.9 Å². The molecule has 0 saturated heterocycles. The highest BCUT2D eigenvalue weighted by Gasteiger charge is 2.19. The van der Waals surface area contributed by atoms with Crippen molar-refractivity contribution in [3.8, 4) is 0 Å². The van der Waals surface area contributed by atoms with Gasteiger partial charge < -0.3 is 5.11 Å². The van der Waals surface area contributed by atoms with Gasteiger partial charge in [-0.2, -0.15) is 5.10 Å². The largest absolute Gasteiger partial charge is 0.396 e. The van der Waals surface area contributed by atoms with Crippen LogP contribution < -0.4 is 0 Å². The van der Waals surface area contributed by atoms with E-state index in [1.165, 1.54) is 0 Å². The first kappa shape index (κ1) is 11.1. The van der Waals surface area contributed by atoms with Crippen LogP contribution in [0.15, 0.2) is 18.3 Å². The van der Waals surface area contributed by atoms with Gasteiger partial charge in [-0.3, -0.25) is 0 Å². The summed E-state index contributed by atoms with van der Waals surface area (Å²) in [6, 6.07) is 3.96. The van der Waals surface area contributed by atoms with Crippen molar-refractivity contribution in [2.75, 3.05) is 6.61 Å². The van der Waals surface area contributed by atoms with E-state index >= 15 is 0 Å². The van der Waals surface area contributed by atoms with Gasteiger partial charge in [-0.05, 0) is 24.5 Å². The molecule has 0 aliphatic carbocycles. The molecule has 0 aliphatic heterocycles. The number of rotatable bonds is 3. The Morgan fingerprint density at radius 3 is 2.75 bits per heavy atom. The summed E-state index contributed by atoms with van der Waals surface area (Å²) in [5.74, 6) is 1.08. The van der Waals surface area contributed by atoms with Crippen LogP contribution in [0.1, 0.15) is 31.2 Å². The van der Waals surface area contributed by atoms with Crippen molar-refractivity contribution in [1.82, 2.24) is 14.6 Å². The van der Waals surface area contributed by atoms with Gasteiger partial charge in [0.1, 0.15) is 0 Å². The molecular formula is C12H17N3O. The third kappa shape index (κ3) is 1.93. The van der Waals surface area contributed by atoms with Crippen molar-refractivity contribution >= 4 is 5.65 Å². The second kappa shape index (κ2) is 4.22. The SMILES string of the molecule is Cc1ccc2nc(C(CO)C(C)C)nn2c1. The molecule has 0 aromatic carbocycles. The van der Waals surface area contributed by atoms with Crippen LogP contribution in [0.5, 0.6) is 0 Å². The fourth-order valence-electron chi connectivity index (χ4n) is 1.75. The standard InChI is InChI=1S/C12H17N3O/c1-8(2)10(7-16)12-13-11-5-4-9(3)6-15(11)14-12/h4-6,8,10,16H,7H2,1-3H3. The van der Waals surface area contributed by atoms with Crippen LogP contribution in [0.4, 0.5) is 0 Å². The first-order chi connectivity index (χ1) is 7.61. The second-order valence-corrected chi connectivity index (χ2v) is 4.51. The van der Waals surface area contributed by atoms with E-state index in [4.69, 9.17) is 0 Å². The van der Waals surface area contributed by atoms with E-state index in [1.807, 2.05) is 25.3 Å². The number of nitrogens with zero attached hydrogens (tertiary/aromatic N) is 3. The molecule has 0 fully saturated rings. The summed E-state index contributed by atoms with van der Waals surface area (Å²) in [5.41, 5.74) is 1.98. The number of fused-ring (bicyclic) bond motifs is 1. The van der Waals surface area contributed by atoms with Gasteiger partial charge in [0.05, 0.1) is 6.61 Å². The zero-order valence-corrected chi connectivity index (χ0v) is 9.88. The Labute approximate surface area is 94.9 Å². The molecule has 86 valence electrons. The highest BCUT2D eigenvalue weighted by atomic mass is 16.3. The second-order valence-electron chi connectivity index (χ2n) is 4.51. The molecule has 4 nitrogen and oxygen atoms in total. The lowest BCUT2D eigenvalue weighted by Crippen LogP contribution is -2.13. The Bertz CT molecular complexity index is 490. The molecule has 4 heteroatoms. The van der Waals surface area contributed by atoms with E-state index in [0.717, 1.165) is 17.0 Å². The maximum absolute atomic E-state index is 9.34. The van der Waals surface area contributed by atoms with Gasteiger partial charge in [-0.25, -0.2) is 9.50 Å². The number of aromatic nitrogens is 3. The van der Waals surface area contributed by atoms with Crippen LogP contribution in [0, 0.1) is 12.8 Å². The lowest BCUT2D eigenvalue weighted by atomic mass is 9.96. The molecule has 1 N–H and O–H groups in total. The van der Waals surface area contributed by atoms with E-state index < -0.39 is 0 Å². The average molecular weight is 219 g/mol. The van der Waals surface area contributed by atoms with E-state index in [0.29, 0.717) is 5.92 Å². The van der Waals surface area contributed by atoms with Crippen LogP contribution in [-0.2, 0) is 0 Å². The van der Waals surface area contributed by atoms with Crippen LogP contribution in [-0.4, -0.2) is 26.3 Å². The minimum absolute atomic E-state index is 0.0141. The normalized spacial score (nSPS) is 13.6. The van der Waals surface area contributed by atoms with Crippen molar-refractivity contribution in [2.45, 2.75) is 26.7 Å². The van der Waals surface area contributed by atoms with Crippen LogP contribution in [0.3, 0.4) is 0 Å². The fraction of sp³-hybridized carbons (Fsp3) is 0.500. The first-order valence-corrected chi connectivity index (χ1v) is 5.55. The summed E-state index contributed by atoms with van der Waals surface area (Å²) in [6.45, 7) is 6.25. The maximum Gasteiger partial charge on any atom is 0.157 e. The van der Waals surface area contributed by atoms with Crippen molar-refractivity contribution in [2.24, 2.45) is 5.92 Å². The lowest BCUT2D eigenvalue weighted by Gasteiger charge is -2.13. The predicted molar refractivity (Wildman–Crippen MR) is 62.4 cm³/mol. The molecule has 2 rings (SSSR count). The summed E-state index contributed by atoms with van der Waals surface area (Å²) < 4.78 is 1.77.